The zero-order valence-corrected chi connectivity index (χ0v) is 14.1. The van der Waals surface area contributed by atoms with Gasteiger partial charge in [-0.3, -0.25) is 0 Å². The van der Waals surface area contributed by atoms with E-state index in [1.807, 2.05) is 42.5 Å². The van der Waals surface area contributed by atoms with Crippen molar-refractivity contribution in [3.8, 4) is 5.75 Å². The van der Waals surface area contributed by atoms with Crippen LogP contribution in [-0.2, 0) is 0 Å². The molecular weight excluding hydrogens is 386 g/mol. The van der Waals surface area contributed by atoms with Crippen LogP contribution in [0.5, 0.6) is 5.75 Å². The van der Waals surface area contributed by atoms with Gasteiger partial charge in [0, 0.05) is 10.2 Å². The molecule has 3 nitrogen and oxygen atoms in total. The maximum atomic E-state index is 9.61. The zero-order chi connectivity index (χ0) is 14.5. The van der Waals surface area contributed by atoms with Crippen molar-refractivity contribution in [2.75, 3.05) is 19.0 Å². The summed E-state index contributed by atoms with van der Waals surface area (Å²) < 4.78 is 7.07. The van der Waals surface area contributed by atoms with Gasteiger partial charge in [0.05, 0.1) is 24.2 Å². The highest BCUT2D eigenvalue weighted by atomic mass is 79.9. The molecule has 2 aromatic rings. The van der Waals surface area contributed by atoms with E-state index in [-0.39, 0.29) is 12.6 Å². The van der Waals surface area contributed by atoms with Crippen molar-refractivity contribution in [1.29, 1.82) is 0 Å². The Kier molecular flexibility index (Phi) is 5.46. The number of benzene rings is 2. The van der Waals surface area contributed by atoms with E-state index in [2.05, 4.69) is 37.2 Å². The van der Waals surface area contributed by atoms with Gasteiger partial charge in [-0.05, 0) is 51.8 Å². The molecule has 0 aromatic heterocycles. The van der Waals surface area contributed by atoms with Crippen molar-refractivity contribution < 1.29 is 9.84 Å². The number of hydrogen-bond donors (Lipinski definition) is 2. The molecule has 0 aliphatic rings. The van der Waals surface area contributed by atoms with Crippen molar-refractivity contribution in [3.05, 3.63) is 57.0 Å². The molecule has 0 saturated heterocycles. The van der Waals surface area contributed by atoms with E-state index in [0.29, 0.717) is 0 Å². The van der Waals surface area contributed by atoms with Gasteiger partial charge in [0.15, 0.2) is 0 Å². The maximum Gasteiger partial charge on any atom is 0.133 e. The number of methoxy groups -OCH3 is 1. The fourth-order valence-corrected chi connectivity index (χ4v) is 2.87. The fraction of sp³-hybridized carbons (Fsp3) is 0.200. The van der Waals surface area contributed by atoms with E-state index >= 15 is 0 Å². The highest BCUT2D eigenvalue weighted by molar-refractivity contribution is 9.10. The summed E-state index contributed by atoms with van der Waals surface area (Å²) in [5.74, 6) is 0.771. The summed E-state index contributed by atoms with van der Waals surface area (Å²) in [5.41, 5.74) is 1.94. The molecule has 0 heterocycles. The molecule has 0 amide bonds. The van der Waals surface area contributed by atoms with Crippen LogP contribution in [-0.4, -0.2) is 18.8 Å². The molecule has 2 aromatic carbocycles. The van der Waals surface area contributed by atoms with E-state index in [1.54, 1.807) is 7.11 Å². The Balaban J connectivity index is 2.22. The second-order valence-electron chi connectivity index (χ2n) is 4.28. The highest BCUT2D eigenvalue weighted by Crippen LogP contribution is 2.29. The summed E-state index contributed by atoms with van der Waals surface area (Å²) in [7, 11) is 1.63. The standard InChI is InChI=1S/C15H15Br2NO2/c1-20-15-6-5-10(7-13(15)17)14(9-19)18-12-4-2-3-11(16)8-12/h2-8,14,18-19H,9H2,1H3. The Bertz CT molecular complexity index is 590. The minimum absolute atomic E-state index is 0.00524. The van der Waals surface area contributed by atoms with Crippen molar-refractivity contribution in [3.63, 3.8) is 0 Å². The minimum atomic E-state index is -0.175. The lowest BCUT2D eigenvalue weighted by molar-refractivity contribution is 0.276. The van der Waals surface area contributed by atoms with E-state index in [0.717, 1.165) is 25.9 Å². The molecule has 0 bridgehead atoms. The molecular formula is C15H15Br2NO2. The minimum Gasteiger partial charge on any atom is -0.496 e. The van der Waals surface area contributed by atoms with Gasteiger partial charge in [0.1, 0.15) is 5.75 Å². The van der Waals surface area contributed by atoms with Crippen molar-refractivity contribution >= 4 is 37.5 Å². The lowest BCUT2D eigenvalue weighted by Crippen LogP contribution is -2.14. The van der Waals surface area contributed by atoms with Gasteiger partial charge < -0.3 is 15.2 Å². The second kappa shape index (κ2) is 7.11. The SMILES string of the molecule is COc1ccc(C(CO)Nc2cccc(Br)c2)cc1Br. The molecule has 0 saturated carbocycles. The van der Waals surface area contributed by atoms with Gasteiger partial charge in [-0.25, -0.2) is 0 Å². The molecule has 1 unspecified atom stereocenters. The smallest absolute Gasteiger partial charge is 0.133 e. The summed E-state index contributed by atoms with van der Waals surface area (Å²) in [6.45, 7) is 0.00524. The van der Waals surface area contributed by atoms with Gasteiger partial charge in [0.25, 0.3) is 0 Å². The van der Waals surface area contributed by atoms with Crippen molar-refractivity contribution in [1.82, 2.24) is 0 Å². The van der Waals surface area contributed by atoms with E-state index in [4.69, 9.17) is 4.74 Å². The summed E-state index contributed by atoms with van der Waals surface area (Å²) in [5, 5.41) is 12.9. The number of aliphatic hydroxyl groups excluding tert-OH is 1. The Hall–Kier alpha value is -1.04. The van der Waals surface area contributed by atoms with Crippen LogP contribution in [0.4, 0.5) is 5.69 Å². The third-order valence-corrected chi connectivity index (χ3v) is 4.04. The van der Waals surface area contributed by atoms with Gasteiger partial charge in [0.2, 0.25) is 0 Å². The number of hydrogen-bond acceptors (Lipinski definition) is 3. The molecule has 106 valence electrons. The zero-order valence-electron chi connectivity index (χ0n) is 10.9. The summed E-state index contributed by atoms with van der Waals surface area (Å²) in [4.78, 5) is 0. The first-order chi connectivity index (χ1) is 9.63. The molecule has 2 rings (SSSR count). The van der Waals surface area contributed by atoms with Gasteiger partial charge >= 0.3 is 0 Å². The summed E-state index contributed by atoms with van der Waals surface area (Å²) >= 11 is 6.89. The Morgan fingerprint density at radius 2 is 2.00 bits per heavy atom. The molecule has 20 heavy (non-hydrogen) atoms. The number of rotatable bonds is 5. The molecule has 0 spiro atoms. The fourth-order valence-electron chi connectivity index (χ4n) is 1.91. The van der Waals surface area contributed by atoms with Gasteiger partial charge in [-0.1, -0.05) is 28.1 Å². The number of anilines is 1. The average molecular weight is 401 g/mol. The third kappa shape index (κ3) is 3.75. The predicted octanol–water partition coefficient (Wildman–Crippen LogP) is 4.37. The van der Waals surface area contributed by atoms with Crippen LogP contribution >= 0.6 is 31.9 Å². The highest BCUT2D eigenvalue weighted by Gasteiger charge is 2.12. The van der Waals surface area contributed by atoms with Crippen molar-refractivity contribution in [2.45, 2.75) is 6.04 Å². The van der Waals surface area contributed by atoms with Crippen LogP contribution < -0.4 is 10.1 Å². The van der Waals surface area contributed by atoms with Crippen LogP contribution in [0.1, 0.15) is 11.6 Å². The van der Waals surface area contributed by atoms with E-state index < -0.39 is 0 Å². The van der Waals surface area contributed by atoms with Crippen molar-refractivity contribution in [2.24, 2.45) is 0 Å². The van der Waals surface area contributed by atoms with Crippen LogP contribution in [0, 0.1) is 0 Å². The van der Waals surface area contributed by atoms with E-state index in [9.17, 15) is 5.11 Å². The molecule has 5 heteroatoms. The van der Waals surface area contributed by atoms with Gasteiger partial charge in [-0.2, -0.15) is 0 Å². The summed E-state index contributed by atoms with van der Waals surface area (Å²) in [6.07, 6.45) is 0. The van der Waals surface area contributed by atoms with Crippen LogP contribution in [0.15, 0.2) is 51.4 Å². The van der Waals surface area contributed by atoms with Crippen LogP contribution in [0.25, 0.3) is 0 Å². The Morgan fingerprint density at radius 1 is 1.20 bits per heavy atom. The first kappa shape index (κ1) is 15.4. The number of nitrogens with one attached hydrogen (secondary N) is 1. The first-order valence-electron chi connectivity index (χ1n) is 6.10. The lowest BCUT2D eigenvalue weighted by atomic mass is 10.1. The average Bonchev–Trinajstić information content (AvgIpc) is 2.44. The topological polar surface area (TPSA) is 41.5 Å². The van der Waals surface area contributed by atoms with E-state index in [1.165, 1.54) is 0 Å². The molecule has 0 radical (unpaired) electrons. The Morgan fingerprint density at radius 3 is 2.60 bits per heavy atom. The number of halogens is 2. The number of aliphatic hydroxyl groups is 1. The lowest BCUT2D eigenvalue weighted by Gasteiger charge is -2.19. The maximum absolute atomic E-state index is 9.61. The summed E-state index contributed by atoms with van der Waals surface area (Å²) in [6, 6.07) is 13.4. The van der Waals surface area contributed by atoms with Gasteiger partial charge in [-0.15, -0.1) is 0 Å². The normalized spacial score (nSPS) is 12.0. The largest absolute Gasteiger partial charge is 0.496 e. The monoisotopic (exact) mass is 399 g/mol. The first-order valence-corrected chi connectivity index (χ1v) is 7.69. The second-order valence-corrected chi connectivity index (χ2v) is 6.05. The van der Waals surface area contributed by atoms with Crippen LogP contribution in [0.2, 0.25) is 0 Å². The molecule has 1 atom stereocenters. The third-order valence-electron chi connectivity index (χ3n) is 2.93. The molecule has 0 fully saturated rings. The molecule has 0 aliphatic heterocycles. The molecule has 2 N–H and O–H groups in total. The number of ether oxygens (including phenoxy) is 1. The van der Waals surface area contributed by atoms with Crippen LogP contribution in [0.3, 0.4) is 0 Å². The quantitative estimate of drug-likeness (QED) is 0.783. The Labute approximate surface area is 135 Å². The predicted molar refractivity (Wildman–Crippen MR) is 88.3 cm³/mol. The molecule has 0 aliphatic carbocycles.